The first-order valence-corrected chi connectivity index (χ1v) is 10.1. The molecule has 0 spiro atoms. The molecule has 7 nitrogen and oxygen atoms in total. The van der Waals surface area contributed by atoms with E-state index >= 15 is 0 Å². The Morgan fingerprint density at radius 2 is 2.10 bits per heavy atom. The number of aromatic nitrogens is 1. The summed E-state index contributed by atoms with van der Waals surface area (Å²) in [5, 5.41) is 8.59. The lowest BCUT2D eigenvalue weighted by Crippen LogP contribution is -2.27. The molecule has 29 heavy (non-hydrogen) atoms. The van der Waals surface area contributed by atoms with Crippen LogP contribution in [0.4, 0.5) is 16.2 Å². The molecule has 0 saturated carbocycles. The number of nitrogens with zero attached hydrogens (tertiary/aromatic N) is 2. The first-order chi connectivity index (χ1) is 14.1. The number of amides is 3. The SMILES string of the molecule is O=C(Nc1cccc(N2CCNC2=O)c1)c1csc(COc2ccc(Cl)cc2)n1. The maximum absolute atomic E-state index is 12.5. The molecule has 1 aromatic heterocycles. The maximum atomic E-state index is 12.5. The molecule has 2 heterocycles. The first kappa shape index (κ1) is 19.2. The highest BCUT2D eigenvalue weighted by Gasteiger charge is 2.21. The van der Waals surface area contributed by atoms with Gasteiger partial charge in [-0.3, -0.25) is 9.69 Å². The molecule has 9 heteroatoms. The highest BCUT2D eigenvalue weighted by molar-refractivity contribution is 7.09. The van der Waals surface area contributed by atoms with Gasteiger partial charge in [0.05, 0.1) is 0 Å². The second-order valence-corrected chi connectivity index (χ2v) is 7.64. The molecule has 0 unspecified atom stereocenters. The minimum absolute atomic E-state index is 0.140. The van der Waals surface area contributed by atoms with Crippen LogP contribution in [0.2, 0.25) is 5.02 Å². The largest absolute Gasteiger partial charge is 0.486 e. The summed E-state index contributed by atoms with van der Waals surface area (Å²) in [6.07, 6.45) is 0. The van der Waals surface area contributed by atoms with Crippen LogP contribution in [0.15, 0.2) is 53.9 Å². The van der Waals surface area contributed by atoms with Gasteiger partial charge >= 0.3 is 6.03 Å². The number of carbonyl (C=O) groups is 2. The Bertz CT molecular complexity index is 1040. The van der Waals surface area contributed by atoms with Crippen LogP contribution in [-0.2, 0) is 6.61 Å². The van der Waals surface area contributed by atoms with Crippen LogP contribution < -0.4 is 20.3 Å². The van der Waals surface area contributed by atoms with E-state index in [0.29, 0.717) is 40.3 Å². The lowest BCUT2D eigenvalue weighted by atomic mass is 10.2. The molecular weight excluding hydrogens is 412 g/mol. The molecule has 2 N–H and O–H groups in total. The lowest BCUT2D eigenvalue weighted by molar-refractivity contribution is 0.102. The molecule has 148 valence electrons. The van der Waals surface area contributed by atoms with E-state index in [2.05, 4.69) is 15.6 Å². The second kappa shape index (κ2) is 8.50. The Kier molecular flexibility index (Phi) is 5.64. The molecule has 0 atom stereocenters. The zero-order valence-corrected chi connectivity index (χ0v) is 16.8. The number of carbonyl (C=O) groups excluding carboxylic acids is 2. The standard InChI is InChI=1S/C20H17ClN4O3S/c21-13-4-6-16(7-5-13)28-11-18-24-17(12-29-18)19(26)23-14-2-1-3-15(10-14)25-9-8-22-20(25)27/h1-7,10,12H,8-9,11H2,(H,22,27)(H,23,26). The zero-order chi connectivity index (χ0) is 20.2. The Morgan fingerprint density at radius 3 is 2.86 bits per heavy atom. The van der Waals surface area contributed by atoms with Crippen LogP contribution in [-0.4, -0.2) is 30.0 Å². The third kappa shape index (κ3) is 4.67. The van der Waals surface area contributed by atoms with Gasteiger partial charge in [-0.05, 0) is 42.5 Å². The monoisotopic (exact) mass is 428 g/mol. The molecule has 0 aliphatic carbocycles. The molecule has 3 aromatic rings. The van der Waals surface area contributed by atoms with Crippen molar-refractivity contribution in [2.75, 3.05) is 23.3 Å². The number of nitrogens with one attached hydrogen (secondary N) is 2. The van der Waals surface area contributed by atoms with Gasteiger partial charge in [0.25, 0.3) is 5.91 Å². The summed E-state index contributed by atoms with van der Waals surface area (Å²) in [5.74, 6) is 0.361. The fourth-order valence-electron chi connectivity index (χ4n) is 2.82. The number of thiazole rings is 1. The van der Waals surface area contributed by atoms with Crippen molar-refractivity contribution in [3.8, 4) is 5.75 Å². The third-order valence-corrected chi connectivity index (χ3v) is 5.31. The van der Waals surface area contributed by atoms with Gasteiger partial charge < -0.3 is 15.4 Å². The number of rotatable bonds is 6. The van der Waals surface area contributed by atoms with Crippen LogP contribution in [0.5, 0.6) is 5.75 Å². The molecule has 0 radical (unpaired) electrons. The van der Waals surface area contributed by atoms with E-state index in [1.54, 1.807) is 52.7 Å². The smallest absolute Gasteiger partial charge is 0.321 e. The van der Waals surface area contributed by atoms with Crippen molar-refractivity contribution in [2.45, 2.75) is 6.61 Å². The molecular formula is C20H17ClN4O3S. The van der Waals surface area contributed by atoms with E-state index in [1.165, 1.54) is 11.3 Å². The fraction of sp³-hybridized carbons (Fsp3) is 0.150. The Hall–Kier alpha value is -3.10. The summed E-state index contributed by atoms with van der Waals surface area (Å²) >= 11 is 7.21. The molecule has 1 aliphatic heterocycles. The molecule has 0 bridgehead atoms. The molecule has 2 aromatic carbocycles. The second-order valence-electron chi connectivity index (χ2n) is 6.26. The van der Waals surface area contributed by atoms with Gasteiger partial charge in [0.2, 0.25) is 0 Å². The van der Waals surface area contributed by atoms with E-state index in [0.717, 1.165) is 5.69 Å². The number of anilines is 2. The summed E-state index contributed by atoms with van der Waals surface area (Å²) in [4.78, 5) is 30.3. The summed E-state index contributed by atoms with van der Waals surface area (Å²) in [7, 11) is 0. The van der Waals surface area contributed by atoms with Crippen molar-refractivity contribution in [1.29, 1.82) is 0 Å². The van der Waals surface area contributed by atoms with Gasteiger partial charge in [-0.2, -0.15) is 0 Å². The van der Waals surface area contributed by atoms with Gasteiger partial charge in [0.15, 0.2) is 0 Å². The van der Waals surface area contributed by atoms with Crippen molar-refractivity contribution in [3.05, 3.63) is 69.6 Å². The Morgan fingerprint density at radius 1 is 1.28 bits per heavy atom. The maximum Gasteiger partial charge on any atom is 0.321 e. The van der Waals surface area contributed by atoms with Crippen LogP contribution in [0.3, 0.4) is 0 Å². The predicted molar refractivity (Wildman–Crippen MR) is 113 cm³/mol. The number of halogens is 1. The summed E-state index contributed by atoms with van der Waals surface area (Å²) < 4.78 is 5.66. The van der Waals surface area contributed by atoms with Gasteiger partial charge in [0, 0.05) is 34.9 Å². The lowest BCUT2D eigenvalue weighted by Gasteiger charge is -2.15. The molecule has 1 aliphatic rings. The Labute approximate surface area is 176 Å². The number of urea groups is 1. The first-order valence-electron chi connectivity index (χ1n) is 8.88. The number of ether oxygens (including phenoxy) is 1. The van der Waals surface area contributed by atoms with E-state index in [4.69, 9.17) is 16.3 Å². The van der Waals surface area contributed by atoms with E-state index in [-0.39, 0.29) is 18.5 Å². The summed E-state index contributed by atoms with van der Waals surface area (Å²) in [6, 6.07) is 14.1. The van der Waals surface area contributed by atoms with Crippen LogP contribution in [0.1, 0.15) is 15.5 Å². The van der Waals surface area contributed by atoms with Crippen LogP contribution >= 0.6 is 22.9 Å². The molecule has 3 amide bonds. The highest BCUT2D eigenvalue weighted by atomic mass is 35.5. The fourth-order valence-corrected chi connectivity index (χ4v) is 3.63. The van der Waals surface area contributed by atoms with E-state index in [9.17, 15) is 9.59 Å². The zero-order valence-electron chi connectivity index (χ0n) is 15.2. The summed E-state index contributed by atoms with van der Waals surface area (Å²) in [5.41, 5.74) is 1.64. The van der Waals surface area contributed by atoms with E-state index < -0.39 is 0 Å². The molecule has 1 saturated heterocycles. The molecule has 1 fully saturated rings. The van der Waals surface area contributed by atoms with Gasteiger partial charge in [-0.25, -0.2) is 9.78 Å². The average molecular weight is 429 g/mol. The van der Waals surface area contributed by atoms with Crippen molar-refractivity contribution < 1.29 is 14.3 Å². The van der Waals surface area contributed by atoms with E-state index in [1.807, 2.05) is 6.07 Å². The predicted octanol–water partition coefficient (Wildman–Crippen LogP) is 4.16. The minimum Gasteiger partial charge on any atom is -0.486 e. The van der Waals surface area contributed by atoms with Crippen LogP contribution in [0, 0.1) is 0 Å². The van der Waals surface area contributed by atoms with Gasteiger partial charge in [-0.15, -0.1) is 11.3 Å². The third-order valence-electron chi connectivity index (χ3n) is 4.23. The van der Waals surface area contributed by atoms with Crippen molar-refractivity contribution >= 4 is 46.3 Å². The quantitative estimate of drug-likeness (QED) is 0.617. The average Bonchev–Trinajstić information content (AvgIpc) is 3.37. The summed E-state index contributed by atoms with van der Waals surface area (Å²) in [6.45, 7) is 1.47. The van der Waals surface area contributed by atoms with Crippen molar-refractivity contribution in [3.63, 3.8) is 0 Å². The van der Waals surface area contributed by atoms with Crippen LogP contribution in [0.25, 0.3) is 0 Å². The minimum atomic E-state index is -0.318. The Balaban J connectivity index is 1.38. The van der Waals surface area contributed by atoms with Crippen molar-refractivity contribution in [2.24, 2.45) is 0 Å². The van der Waals surface area contributed by atoms with Crippen molar-refractivity contribution in [1.82, 2.24) is 10.3 Å². The number of hydrogen-bond acceptors (Lipinski definition) is 5. The highest BCUT2D eigenvalue weighted by Crippen LogP contribution is 2.22. The normalized spacial score (nSPS) is 13.3. The van der Waals surface area contributed by atoms with Gasteiger partial charge in [0.1, 0.15) is 23.1 Å². The number of benzene rings is 2. The number of hydrogen-bond donors (Lipinski definition) is 2. The van der Waals surface area contributed by atoms with Gasteiger partial charge in [-0.1, -0.05) is 17.7 Å². The molecule has 4 rings (SSSR count). The topological polar surface area (TPSA) is 83.6 Å².